The number of non-ortho nitro benzene ring substituents is 1. The van der Waals surface area contributed by atoms with E-state index in [1.54, 1.807) is 13.0 Å². The lowest BCUT2D eigenvalue weighted by atomic mass is 10.2. The van der Waals surface area contributed by atoms with Crippen LogP contribution in [0.5, 0.6) is 0 Å². The van der Waals surface area contributed by atoms with Crippen LogP contribution in [0.25, 0.3) is 6.08 Å². The average molecular weight is 336 g/mol. The Morgan fingerprint density at radius 1 is 1.43 bits per heavy atom. The van der Waals surface area contributed by atoms with Crippen LogP contribution in [0.15, 0.2) is 29.2 Å². The van der Waals surface area contributed by atoms with Crippen LogP contribution in [0.2, 0.25) is 0 Å². The highest BCUT2D eigenvalue weighted by Gasteiger charge is 2.36. The molecule has 0 saturated carbocycles. The molecule has 0 radical (unpaired) electrons. The van der Waals surface area contributed by atoms with Gasteiger partial charge in [0, 0.05) is 12.1 Å². The summed E-state index contributed by atoms with van der Waals surface area (Å²) >= 11 is 0.672. The third-order valence-electron chi connectivity index (χ3n) is 2.84. The summed E-state index contributed by atoms with van der Waals surface area (Å²) < 4.78 is 4.71. The molecule has 1 saturated heterocycles. The Morgan fingerprint density at radius 2 is 2.17 bits per heavy atom. The summed E-state index contributed by atoms with van der Waals surface area (Å²) in [4.78, 5) is 46.4. The van der Waals surface area contributed by atoms with Crippen molar-refractivity contribution < 1.29 is 24.0 Å². The van der Waals surface area contributed by atoms with E-state index in [0.29, 0.717) is 17.3 Å². The fourth-order valence-electron chi connectivity index (χ4n) is 1.85. The summed E-state index contributed by atoms with van der Waals surface area (Å²) in [6.07, 6.45) is 1.38. The number of benzene rings is 1. The Hall–Kier alpha value is -2.68. The summed E-state index contributed by atoms with van der Waals surface area (Å²) in [7, 11) is 0. The van der Waals surface area contributed by atoms with Crippen LogP contribution in [-0.4, -0.2) is 40.1 Å². The number of rotatable bonds is 5. The predicted molar refractivity (Wildman–Crippen MR) is 82.4 cm³/mol. The Labute approximate surface area is 135 Å². The third kappa shape index (κ3) is 3.95. The minimum Gasteiger partial charge on any atom is -0.465 e. The maximum absolute atomic E-state index is 12.2. The monoisotopic (exact) mass is 336 g/mol. The molecule has 8 nitrogen and oxygen atoms in total. The Bertz CT molecular complexity index is 715. The molecule has 2 amide bonds. The number of imide groups is 1. The van der Waals surface area contributed by atoms with Crippen LogP contribution in [-0.2, 0) is 14.3 Å². The molecular formula is C14H12N2O6S. The van der Waals surface area contributed by atoms with Gasteiger partial charge in [0.2, 0.25) is 0 Å². The SMILES string of the molecule is CCOC(=O)CN1C(=O)S/C(=C\c2cccc([N+](=O)[O-])c2)C1=O. The minimum absolute atomic E-state index is 0.0970. The molecule has 9 heteroatoms. The van der Waals surface area contributed by atoms with Crippen molar-refractivity contribution in [2.24, 2.45) is 0 Å². The number of nitro benzene ring substituents is 1. The van der Waals surface area contributed by atoms with E-state index in [9.17, 15) is 24.5 Å². The highest BCUT2D eigenvalue weighted by atomic mass is 32.2. The fourth-order valence-corrected chi connectivity index (χ4v) is 2.69. The number of esters is 1. The van der Waals surface area contributed by atoms with Crippen molar-refractivity contribution in [2.45, 2.75) is 6.92 Å². The fraction of sp³-hybridized carbons (Fsp3) is 0.214. The minimum atomic E-state index is -0.675. The van der Waals surface area contributed by atoms with Gasteiger partial charge < -0.3 is 4.74 Å². The van der Waals surface area contributed by atoms with Gasteiger partial charge >= 0.3 is 5.97 Å². The molecule has 1 aromatic carbocycles. The molecule has 120 valence electrons. The lowest BCUT2D eigenvalue weighted by molar-refractivity contribution is -0.384. The van der Waals surface area contributed by atoms with E-state index in [-0.39, 0.29) is 17.2 Å². The van der Waals surface area contributed by atoms with Gasteiger partial charge in [-0.25, -0.2) is 0 Å². The quantitative estimate of drug-likeness (QED) is 0.351. The molecule has 1 aliphatic rings. The normalized spacial score (nSPS) is 16.0. The predicted octanol–water partition coefficient (Wildman–Crippen LogP) is 2.19. The van der Waals surface area contributed by atoms with Crippen LogP contribution >= 0.6 is 11.8 Å². The zero-order valence-electron chi connectivity index (χ0n) is 12.1. The van der Waals surface area contributed by atoms with Crippen molar-refractivity contribution in [2.75, 3.05) is 13.2 Å². The van der Waals surface area contributed by atoms with E-state index in [4.69, 9.17) is 4.74 Å². The Balaban J connectivity index is 2.20. The van der Waals surface area contributed by atoms with E-state index in [1.807, 2.05) is 0 Å². The van der Waals surface area contributed by atoms with E-state index in [1.165, 1.54) is 24.3 Å². The topological polar surface area (TPSA) is 107 Å². The second-order valence-electron chi connectivity index (χ2n) is 4.42. The standard InChI is InChI=1S/C14H12N2O6S/c1-2-22-12(17)8-15-13(18)11(23-14(15)19)7-9-4-3-5-10(6-9)16(20)21/h3-7H,2,8H2,1H3/b11-7-. The van der Waals surface area contributed by atoms with Crippen molar-refractivity contribution in [3.8, 4) is 0 Å². The first kappa shape index (κ1) is 16.7. The van der Waals surface area contributed by atoms with Gasteiger partial charge in [-0.2, -0.15) is 0 Å². The summed E-state index contributed by atoms with van der Waals surface area (Å²) in [5.74, 6) is -1.30. The van der Waals surface area contributed by atoms with Crippen molar-refractivity contribution in [1.29, 1.82) is 0 Å². The first-order valence-corrected chi connectivity index (χ1v) is 7.39. The summed E-state index contributed by atoms with van der Waals surface area (Å²) in [6.45, 7) is 1.32. The number of hydrogen-bond donors (Lipinski definition) is 0. The van der Waals surface area contributed by atoms with E-state index >= 15 is 0 Å². The second-order valence-corrected chi connectivity index (χ2v) is 5.42. The number of carbonyl (C=O) groups is 3. The molecule has 0 unspecified atom stereocenters. The average Bonchev–Trinajstić information content (AvgIpc) is 2.75. The summed E-state index contributed by atoms with van der Waals surface area (Å²) in [5, 5.41) is 10.2. The molecule has 0 aliphatic carbocycles. The van der Waals surface area contributed by atoms with Crippen LogP contribution in [0.4, 0.5) is 10.5 Å². The molecule has 0 bridgehead atoms. The van der Waals surface area contributed by atoms with E-state index < -0.39 is 28.6 Å². The van der Waals surface area contributed by atoms with Gasteiger partial charge in [-0.15, -0.1) is 0 Å². The number of amides is 2. The van der Waals surface area contributed by atoms with Gasteiger partial charge in [0.1, 0.15) is 6.54 Å². The number of nitrogens with zero attached hydrogens (tertiary/aromatic N) is 2. The first-order valence-electron chi connectivity index (χ1n) is 6.57. The number of nitro groups is 1. The molecule has 1 aliphatic heterocycles. The number of thioether (sulfide) groups is 1. The molecule has 0 N–H and O–H groups in total. The van der Waals surface area contributed by atoms with Crippen molar-refractivity contribution >= 4 is 40.6 Å². The van der Waals surface area contributed by atoms with Crippen LogP contribution in [0, 0.1) is 10.1 Å². The Morgan fingerprint density at radius 3 is 2.83 bits per heavy atom. The largest absolute Gasteiger partial charge is 0.465 e. The summed E-state index contributed by atoms with van der Waals surface area (Å²) in [6, 6.07) is 5.67. The molecule has 1 aromatic rings. The summed E-state index contributed by atoms with van der Waals surface area (Å²) in [5.41, 5.74) is 0.297. The van der Waals surface area contributed by atoms with Crippen LogP contribution in [0.3, 0.4) is 0 Å². The van der Waals surface area contributed by atoms with E-state index in [0.717, 1.165) is 4.90 Å². The lowest BCUT2D eigenvalue weighted by Gasteiger charge is -2.10. The molecule has 23 heavy (non-hydrogen) atoms. The van der Waals surface area contributed by atoms with Gasteiger partial charge in [0.05, 0.1) is 16.4 Å². The molecule has 2 rings (SSSR count). The molecule has 1 fully saturated rings. The first-order chi connectivity index (χ1) is 10.9. The van der Waals surface area contributed by atoms with E-state index in [2.05, 4.69) is 0 Å². The number of carbonyl (C=O) groups excluding carboxylic acids is 3. The number of hydrogen-bond acceptors (Lipinski definition) is 7. The van der Waals surface area contributed by atoms with Crippen molar-refractivity contribution in [3.05, 3.63) is 44.8 Å². The van der Waals surface area contributed by atoms with Gasteiger partial charge in [0.15, 0.2) is 0 Å². The van der Waals surface area contributed by atoms with Crippen molar-refractivity contribution in [3.63, 3.8) is 0 Å². The molecule has 0 spiro atoms. The molecule has 0 atom stereocenters. The van der Waals surface area contributed by atoms with Gasteiger partial charge in [0.25, 0.3) is 16.8 Å². The zero-order chi connectivity index (χ0) is 17.0. The second kappa shape index (κ2) is 7.05. The zero-order valence-corrected chi connectivity index (χ0v) is 12.9. The highest BCUT2D eigenvalue weighted by molar-refractivity contribution is 8.18. The number of ether oxygens (including phenoxy) is 1. The van der Waals surface area contributed by atoms with Crippen LogP contribution < -0.4 is 0 Å². The molecule has 1 heterocycles. The molecule has 0 aromatic heterocycles. The van der Waals surface area contributed by atoms with Crippen molar-refractivity contribution in [1.82, 2.24) is 4.90 Å². The maximum Gasteiger partial charge on any atom is 0.326 e. The smallest absolute Gasteiger partial charge is 0.326 e. The maximum atomic E-state index is 12.2. The van der Waals surface area contributed by atoms with Gasteiger partial charge in [-0.3, -0.25) is 29.4 Å². The third-order valence-corrected chi connectivity index (χ3v) is 3.75. The van der Waals surface area contributed by atoms with Gasteiger partial charge in [-0.1, -0.05) is 12.1 Å². The highest BCUT2D eigenvalue weighted by Crippen LogP contribution is 2.32. The lowest BCUT2D eigenvalue weighted by Crippen LogP contribution is -2.34. The molecular weight excluding hydrogens is 324 g/mol. The van der Waals surface area contributed by atoms with Crippen LogP contribution in [0.1, 0.15) is 12.5 Å². The Kier molecular flexibility index (Phi) is 5.12. The van der Waals surface area contributed by atoms with Gasteiger partial charge in [-0.05, 0) is 30.3 Å².